The van der Waals surface area contributed by atoms with Gasteiger partial charge in [-0.2, -0.15) is 4.80 Å². The van der Waals surface area contributed by atoms with Crippen molar-refractivity contribution in [1.82, 2.24) is 20.3 Å². The van der Waals surface area contributed by atoms with Crippen LogP contribution >= 0.6 is 23.8 Å². The molecule has 0 bridgehead atoms. The number of benzene rings is 3. The molecule has 0 radical (unpaired) electrons. The van der Waals surface area contributed by atoms with Crippen molar-refractivity contribution in [2.75, 3.05) is 11.9 Å². The normalized spacial score (nSPS) is 10.6. The van der Waals surface area contributed by atoms with Crippen molar-refractivity contribution in [3.63, 3.8) is 0 Å². The van der Waals surface area contributed by atoms with Crippen molar-refractivity contribution in [3.8, 4) is 11.4 Å². The fourth-order valence-electron chi connectivity index (χ4n) is 2.89. The molecule has 156 valence electrons. The number of anilines is 1. The number of nitrogens with zero attached hydrogens (tertiary/aromatic N) is 3. The van der Waals surface area contributed by atoms with Crippen LogP contribution in [0.3, 0.4) is 0 Å². The summed E-state index contributed by atoms with van der Waals surface area (Å²) in [7, 11) is 0. The van der Waals surface area contributed by atoms with E-state index in [1.807, 2.05) is 49.4 Å². The smallest absolute Gasteiger partial charge is 0.257 e. The predicted molar refractivity (Wildman–Crippen MR) is 125 cm³/mol. The first kappa shape index (κ1) is 20.8. The van der Waals surface area contributed by atoms with Gasteiger partial charge in [0.1, 0.15) is 16.8 Å². The van der Waals surface area contributed by atoms with Gasteiger partial charge in [-0.1, -0.05) is 11.6 Å². The Balaban J connectivity index is 1.45. The fraction of sp³-hybridized carbons (Fsp3) is 0.0909. The van der Waals surface area contributed by atoms with E-state index in [9.17, 15) is 4.79 Å². The SMILES string of the molecule is CCOc1ccc(-n2nc3ccc(NC(=S)NC(=O)c4ccc(Cl)cc4)cc3n2)cc1. The number of hydrogen-bond donors (Lipinski definition) is 2. The maximum Gasteiger partial charge on any atom is 0.257 e. The first-order valence-corrected chi connectivity index (χ1v) is 10.3. The number of hydrogen-bond acceptors (Lipinski definition) is 5. The van der Waals surface area contributed by atoms with Crippen molar-refractivity contribution >= 4 is 51.6 Å². The Bertz CT molecular complexity index is 1240. The third-order valence-electron chi connectivity index (χ3n) is 4.35. The zero-order valence-electron chi connectivity index (χ0n) is 16.5. The van der Waals surface area contributed by atoms with Crippen LogP contribution in [0.1, 0.15) is 17.3 Å². The summed E-state index contributed by atoms with van der Waals surface area (Å²) in [5, 5.41) is 15.4. The lowest BCUT2D eigenvalue weighted by Crippen LogP contribution is -2.34. The van der Waals surface area contributed by atoms with Crippen LogP contribution < -0.4 is 15.4 Å². The van der Waals surface area contributed by atoms with Crippen LogP contribution in [0, 0.1) is 0 Å². The average molecular weight is 452 g/mol. The summed E-state index contributed by atoms with van der Waals surface area (Å²) >= 11 is 11.1. The Kier molecular flexibility index (Phi) is 6.11. The number of amides is 1. The monoisotopic (exact) mass is 451 g/mol. The standard InChI is InChI=1S/C22H18ClN5O2S/c1-2-30-18-10-8-17(9-11-18)28-26-19-12-7-16(13-20(19)27-28)24-22(31)25-21(29)14-3-5-15(23)6-4-14/h3-13H,2H2,1H3,(H2,24,25,29,31). The molecule has 1 aromatic heterocycles. The highest BCUT2D eigenvalue weighted by molar-refractivity contribution is 7.80. The molecule has 3 aromatic carbocycles. The number of nitrogens with one attached hydrogen (secondary N) is 2. The van der Waals surface area contributed by atoms with Crippen LogP contribution in [0.2, 0.25) is 5.02 Å². The lowest BCUT2D eigenvalue weighted by atomic mass is 10.2. The third kappa shape index (κ3) is 4.99. The van der Waals surface area contributed by atoms with E-state index < -0.39 is 0 Å². The molecule has 7 nitrogen and oxygen atoms in total. The number of rotatable bonds is 5. The molecule has 4 aromatic rings. The predicted octanol–water partition coefficient (Wildman–Crippen LogP) is 4.60. The minimum absolute atomic E-state index is 0.179. The van der Waals surface area contributed by atoms with Crippen molar-refractivity contribution in [1.29, 1.82) is 0 Å². The van der Waals surface area contributed by atoms with Gasteiger partial charge in [-0.25, -0.2) is 0 Å². The van der Waals surface area contributed by atoms with Crippen LogP contribution in [0.25, 0.3) is 16.7 Å². The molecular weight excluding hydrogens is 434 g/mol. The highest BCUT2D eigenvalue weighted by Gasteiger charge is 2.10. The van der Waals surface area contributed by atoms with Gasteiger partial charge in [0.2, 0.25) is 0 Å². The molecule has 2 N–H and O–H groups in total. The maximum absolute atomic E-state index is 12.3. The molecule has 0 spiro atoms. The van der Waals surface area contributed by atoms with Crippen molar-refractivity contribution in [2.45, 2.75) is 6.92 Å². The summed E-state index contributed by atoms with van der Waals surface area (Å²) in [4.78, 5) is 13.8. The van der Waals surface area contributed by atoms with Crippen molar-refractivity contribution in [3.05, 3.63) is 77.3 Å². The van der Waals surface area contributed by atoms with Gasteiger partial charge >= 0.3 is 0 Å². The summed E-state index contributed by atoms with van der Waals surface area (Å²) in [6, 6.07) is 19.6. The second-order valence-electron chi connectivity index (χ2n) is 6.53. The Morgan fingerprint density at radius 3 is 2.45 bits per heavy atom. The van der Waals surface area contributed by atoms with Crippen LogP contribution in [0.15, 0.2) is 66.7 Å². The van der Waals surface area contributed by atoms with Crippen LogP contribution in [0.4, 0.5) is 5.69 Å². The first-order chi connectivity index (χ1) is 15.0. The Morgan fingerprint density at radius 2 is 1.74 bits per heavy atom. The van der Waals surface area contributed by atoms with Crippen LogP contribution in [-0.2, 0) is 0 Å². The minimum Gasteiger partial charge on any atom is -0.494 e. The largest absolute Gasteiger partial charge is 0.494 e. The fourth-order valence-corrected chi connectivity index (χ4v) is 3.23. The summed E-state index contributed by atoms with van der Waals surface area (Å²) < 4.78 is 5.46. The van der Waals surface area contributed by atoms with Crippen LogP contribution in [0.5, 0.6) is 5.75 Å². The molecule has 0 aliphatic carbocycles. The second-order valence-corrected chi connectivity index (χ2v) is 7.38. The molecule has 0 fully saturated rings. The van der Waals surface area contributed by atoms with E-state index in [0.29, 0.717) is 28.4 Å². The third-order valence-corrected chi connectivity index (χ3v) is 4.81. The van der Waals surface area contributed by atoms with E-state index in [4.69, 9.17) is 28.6 Å². The van der Waals surface area contributed by atoms with Crippen LogP contribution in [-0.4, -0.2) is 32.6 Å². The summed E-state index contributed by atoms with van der Waals surface area (Å²) in [6.07, 6.45) is 0. The van der Waals surface area contributed by atoms with Crippen molar-refractivity contribution in [2.24, 2.45) is 0 Å². The van der Waals surface area contributed by atoms with E-state index >= 15 is 0 Å². The van der Waals surface area contributed by atoms with Gasteiger partial charge in [-0.3, -0.25) is 10.1 Å². The molecule has 1 heterocycles. The molecule has 0 aliphatic heterocycles. The first-order valence-electron chi connectivity index (χ1n) is 9.50. The van der Waals surface area contributed by atoms with E-state index in [2.05, 4.69) is 20.8 Å². The van der Waals surface area contributed by atoms with E-state index in [0.717, 1.165) is 17.0 Å². The Labute approximate surface area is 189 Å². The summed E-state index contributed by atoms with van der Waals surface area (Å²) in [5.74, 6) is 0.472. The Hall–Kier alpha value is -3.49. The van der Waals surface area contributed by atoms with Gasteiger partial charge < -0.3 is 10.1 Å². The summed E-state index contributed by atoms with van der Waals surface area (Å²) in [5.41, 5.74) is 3.39. The number of thiocarbonyl (C=S) groups is 1. The van der Waals surface area contributed by atoms with Gasteiger partial charge in [0.25, 0.3) is 5.91 Å². The highest BCUT2D eigenvalue weighted by Crippen LogP contribution is 2.19. The molecule has 0 atom stereocenters. The molecule has 0 unspecified atom stereocenters. The minimum atomic E-state index is -0.323. The van der Waals surface area contributed by atoms with Gasteiger partial charge in [0.15, 0.2) is 5.11 Å². The van der Waals surface area contributed by atoms with Gasteiger partial charge in [-0.05, 0) is 85.9 Å². The molecule has 31 heavy (non-hydrogen) atoms. The average Bonchev–Trinajstić information content (AvgIpc) is 3.18. The zero-order valence-corrected chi connectivity index (χ0v) is 18.1. The van der Waals surface area contributed by atoms with E-state index in [-0.39, 0.29) is 11.0 Å². The topological polar surface area (TPSA) is 81.1 Å². The van der Waals surface area contributed by atoms with Gasteiger partial charge in [-0.15, -0.1) is 10.2 Å². The second kappa shape index (κ2) is 9.11. The lowest BCUT2D eigenvalue weighted by molar-refractivity contribution is 0.0977. The quantitative estimate of drug-likeness (QED) is 0.431. The number of ether oxygens (including phenoxy) is 1. The number of halogens is 1. The number of aromatic nitrogens is 3. The highest BCUT2D eigenvalue weighted by atomic mass is 35.5. The molecular formula is C22H18ClN5O2S. The van der Waals surface area contributed by atoms with Gasteiger partial charge in [0.05, 0.1) is 12.3 Å². The number of carbonyl (C=O) groups is 1. The molecule has 0 aliphatic rings. The molecule has 0 saturated heterocycles. The Morgan fingerprint density at radius 1 is 1.03 bits per heavy atom. The zero-order chi connectivity index (χ0) is 21.8. The maximum atomic E-state index is 12.3. The van der Waals surface area contributed by atoms with Crippen molar-refractivity contribution < 1.29 is 9.53 Å². The number of carbonyl (C=O) groups excluding carboxylic acids is 1. The molecule has 4 rings (SSSR count). The van der Waals surface area contributed by atoms with E-state index in [1.165, 1.54) is 0 Å². The molecule has 1 amide bonds. The molecule has 9 heteroatoms. The molecule has 0 saturated carbocycles. The lowest BCUT2D eigenvalue weighted by Gasteiger charge is -2.09. The summed E-state index contributed by atoms with van der Waals surface area (Å²) in [6.45, 7) is 2.55. The van der Waals surface area contributed by atoms with E-state index in [1.54, 1.807) is 29.1 Å². The van der Waals surface area contributed by atoms with Gasteiger partial charge in [0, 0.05) is 16.3 Å². The number of fused-ring (bicyclic) bond motifs is 1.